The van der Waals surface area contributed by atoms with Gasteiger partial charge in [-0.25, -0.2) is 8.42 Å². The van der Waals surface area contributed by atoms with Crippen molar-refractivity contribution in [1.82, 2.24) is 9.62 Å². The van der Waals surface area contributed by atoms with Gasteiger partial charge in [-0.05, 0) is 42.6 Å². The molecule has 2 fully saturated rings. The van der Waals surface area contributed by atoms with E-state index in [4.69, 9.17) is 4.74 Å². The van der Waals surface area contributed by atoms with Crippen LogP contribution in [0.3, 0.4) is 0 Å². The molecule has 0 saturated carbocycles. The highest BCUT2D eigenvalue weighted by Gasteiger charge is 2.41. The highest BCUT2D eigenvalue weighted by atomic mass is 32.2. The van der Waals surface area contributed by atoms with Crippen LogP contribution < -0.4 is 5.32 Å². The molecular formula is C14H20N2O3S. The smallest absolute Gasteiger partial charge is 0.243 e. The number of fused-ring (bicyclic) bond motifs is 1. The van der Waals surface area contributed by atoms with Crippen molar-refractivity contribution in [3.8, 4) is 0 Å². The summed E-state index contributed by atoms with van der Waals surface area (Å²) in [5.74, 6) is 0.930. The molecule has 2 atom stereocenters. The second-order valence-corrected chi connectivity index (χ2v) is 7.52. The Bertz CT molecular complexity index is 576. The molecule has 3 rings (SSSR count). The number of sulfonamides is 1. The molecule has 6 heteroatoms. The molecule has 2 saturated heterocycles. The van der Waals surface area contributed by atoms with E-state index >= 15 is 0 Å². The maximum Gasteiger partial charge on any atom is 0.243 e. The molecule has 5 nitrogen and oxygen atoms in total. The van der Waals surface area contributed by atoms with Crippen LogP contribution in [0.15, 0.2) is 29.2 Å². The van der Waals surface area contributed by atoms with Crippen LogP contribution in [-0.2, 0) is 21.4 Å². The quantitative estimate of drug-likeness (QED) is 0.887. The lowest BCUT2D eigenvalue weighted by Gasteiger charge is -2.18. The van der Waals surface area contributed by atoms with E-state index in [1.165, 1.54) is 0 Å². The van der Waals surface area contributed by atoms with Crippen LogP contribution >= 0.6 is 0 Å². The van der Waals surface area contributed by atoms with Crippen LogP contribution in [0.1, 0.15) is 5.56 Å². The summed E-state index contributed by atoms with van der Waals surface area (Å²) in [6, 6.07) is 7.04. The summed E-state index contributed by atoms with van der Waals surface area (Å²) >= 11 is 0. The van der Waals surface area contributed by atoms with Gasteiger partial charge in [0.1, 0.15) is 0 Å². The fraction of sp³-hybridized carbons (Fsp3) is 0.571. The molecular weight excluding hydrogens is 276 g/mol. The first-order chi connectivity index (χ1) is 9.61. The van der Waals surface area contributed by atoms with Gasteiger partial charge in [-0.2, -0.15) is 4.31 Å². The van der Waals surface area contributed by atoms with Gasteiger partial charge in [-0.3, -0.25) is 0 Å². The topological polar surface area (TPSA) is 58.6 Å². The fourth-order valence-electron chi connectivity index (χ4n) is 3.12. The summed E-state index contributed by atoms with van der Waals surface area (Å²) in [4.78, 5) is 0.375. The van der Waals surface area contributed by atoms with E-state index in [1.54, 1.807) is 29.6 Å². The van der Waals surface area contributed by atoms with Crippen molar-refractivity contribution in [3.05, 3.63) is 29.8 Å². The monoisotopic (exact) mass is 296 g/mol. The maximum absolute atomic E-state index is 12.7. The van der Waals surface area contributed by atoms with Crippen molar-refractivity contribution in [2.24, 2.45) is 11.8 Å². The van der Waals surface area contributed by atoms with Gasteiger partial charge in [-0.1, -0.05) is 12.1 Å². The second-order valence-electron chi connectivity index (χ2n) is 5.58. The lowest BCUT2D eigenvalue weighted by molar-refractivity contribution is 0.184. The molecule has 2 aliphatic heterocycles. The van der Waals surface area contributed by atoms with Crippen LogP contribution in [0.2, 0.25) is 0 Å². The van der Waals surface area contributed by atoms with Gasteiger partial charge in [0.2, 0.25) is 10.0 Å². The molecule has 1 aromatic carbocycles. The largest absolute Gasteiger partial charge is 0.380 e. The second kappa shape index (κ2) is 5.44. The first kappa shape index (κ1) is 14.0. The van der Waals surface area contributed by atoms with Gasteiger partial charge in [0.25, 0.3) is 0 Å². The molecule has 0 radical (unpaired) electrons. The number of hydrogen-bond acceptors (Lipinski definition) is 4. The van der Waals surface area contributed by atoms with E-state index in [1.807, 2.05) is 6.07 Å². The Kier molecular flexibility index (Phi) is 3.81. The third-order valence-corrected chi connectivity index (χ3v) is 6.03. The molecule has 2 heterocycles. The molecule has 1 N–H and O–H groups in total. The Labute approximate surface area is 120 Å². The van der Waals surface area contributed by atoms with Crippen molar-refractivity contribution in [2.45, 2.75) is 11.5 Å². The zero-order valence-electron chi connectivity index (χ0n) is 11.6. The number of nitrogens with zero attached hydrogens (tertiary/aromatic N) is 1. The summed E-state index contributed by atoms with van der Waals surface area (Å²) in [7, 11) is -1.76. The van der Waals surface area contributed by atoms with E-state index in [-0.39, 0.29) is 0 Å². The minimum atomic E-state index is -3.37. The van der Waals surface area contributed by atoms with Crippen LogP contribution in [0.5, 0.6) is 0 Å². The molecule has 0 unspecified atom stereocenters. The van der Waals surface area contributed by atoms with E-state index in [2.05, 4.69) is 5.32 Å². The van der Waals surface area contributed by atoms with Gasteiger partial charge in [0, 0.05) is 20.2 Å². The average Bonchev–Trinajstić information content (AvgIpc) is 3.00. The summed E-state index contributed by atoms with van der Waals surface area (Å²) < 4.78 is 32.1. The number of ether oxygens (including phenoxy) is 1. The standard InChI is InChI=1S/C14H20N2O3S/c1-19-10-11-3-2-4-14(5-11)20(17,18)16-8-12-6-15-7-13(12)9-16/h2-5,12-13,15H,6-10H2,1H3/t12-,13+. The molecule has 2 aliphatic rings. The third-order valence-electron chi connectivity index (χ3n) is 4.20. The zero-order valence-corrected chi connectivity index (χ0v) is 12.4. The SMILES string of the molecule is COCc1cccc(S(=O)(=O)N2C[C@H]3CNC[C@H]3C2)c1. The van der Waals surface area contributed by atoms with Gasteiger partial charge < -0.3 is 10.1 Å². The zero-order chi connectivity index (χ0) is 14.2. The molecule has 0 amide bonds. The van der Waals surface area contributed by atoms with Crippen LogP contribution in [-0.4, -0.2) is 46.0 Å². The van der Waals surface area contributed by atoms with Crippen molar-refractivity contribution in [3.63, 3.8) is 0 Å². The third kappa shape index (κ3) is 2.48. The number of rotatable bonds is 4. The highest BCUT2D eigenvalue weighted by Crippen LogP contribution is 2.30. The van der Waals surface area contributed by atoms with Gasteiger partial charge in [0.05, 0.1) is 11.5 Å². The molecule has 110 valence electrons. The first-order valence-corrected chi connectivity index (χ1v) is 8.34. The predicted octanol–water partition coefficient (Wildman–Crippen LogP) is 0.673. The average molecular weight is 296 g/mol. The van der Waals surface area contributed by atoms with Crippen molar-refractivity contribution in [1.29, 1.82) is 0 Å². The molecule has 0 aliphatic carbocycles. The van der Waals surface area contributed by atoms with E-state index in [0.29, 0.717) is 36.4 Å². The summed E-state index contributed by atoms with van der Waals surface area (Å²) in [5, 5.41) is 3.32. The molecule has 1 aromatic rings. The number of nitrogens with one attached hydrogen (secondary N) is 1. The van der Waals surface area contributed by atoms with Crippen molar-refractivity contribution < 1.29 is 13.2 Å². The van der Waals surface area contributed by atoms with E-state index < -0.39 is 10.0 Å². The Morgan fingerprint density at radius 2 is 2.00 bits per heavy atom. The molecule has 0 bridgehead atoms. The van der Waals surface area contributed by atoms with Crippen LogP contribution in [0, 0.1) is 11.8 Å². The Balaban J connectivity index is 1.83. The minimum Gasteiger partial charge on any atom is -0.380 e. The highest BCUT2D eigenvalue weighted by molar-refractivity contribution is 7.89. The lowest BCUT2D eigenvalue weighted by atomic mass is 10.0. The van der Waals surface area contributed by atoms with Crippen molar-refractivity contribution >= 4 is 10.0 Å². The lowest BCUT2D eigenvalue weighted by Crippen LogP contribution is -2.32. The first-order valence-electron chi connectivity index (χ1n) is 6.90. The molecule has 20 heavy (non-hydrogen) atoms. The van der Waals surface area contributed by atoms with Gasteiger partial charge in [0.15, 0.2) is 0 Å². The number of methoxy groups -OCH3 is 1. The Hall–Kier alpha value is -0.950. The van der Waals surface area contributed by atoms with E-state index in [9.17, 15) is 8.42 Å². The normalized spacial score (nSPS) is 26.9. The summed E-state index contributed by atoms with van der Waals surface area (Å²) in [5.41, 5.74) is 0.884. The van der Waals surface area contributed by atoms with Crippen LogP contribution in [0.4, 0.5) is 0 Å². The maximum atomic E-state index is 12.7. The predicted molar refractivity (Wildman–Crippen MR) is 75.8 cm³/mol. The van der Waals surface area contributed by atoms with Gasteiger partial charge in [-0.15, -0.1) is 0 Å². The number of benzene rings is 1. The molecule has 0 spiro atoms. The van der Waals surface area contributed by atoms with Crippen LogP contribution in [0.25, 0.3) is 0 Å². The number of hydrogen-bond donors (Lipinski definition) is 1. The van der Waals surface area contributed by atoms with Gasteiger partial charge >= 0.3 is 0 Å². The summed E-state index contributed by atoms with van der Waals surface area (Å²) in [6.45, 7) is 3.56. The molecule has 0 aromatic heterocycles. The van der Waals surface area contributed by atoms with Crippen molar-refractivity contribution in [2.75, 3.05) is 33.3 Å². The Morgan fingerprint density at radius 3 is 2.65 bits per heavy atom. The Morgan fingerprint density at radius 1 is 1.30 bits per heavy atom. The van der Waals surface area contributed by atoms with E-state index in [0.717, 1.165) is 18.7 Å². The fourth-order valence-corrected chi connectivity index (χ4v) is 4.74. The minimum absolute atomic E-state index is 0.375. The summed E-state index contributed by atoms with van der Waals surface area (Å²) in [6.07, 6.45) is 0.